The third-order valence-corrected chi connectivity index (χ3v) is 5.51. The van der Waals surface area contributed by atoms with Gasteiger partial charge in [0.2, 0.25) is 0 Å². The molecular formula is C12H22O4S. The quantitative estimate of drug-likeness (QED) is 0.809. The molecule has 0 heterocycles. The van der Waals surface area contributed by atoms with Crippen LogP contribution in [0.2, 0.25) is 0 Å². The zero-order valence-electron chi connectivity index (χ0n) is 10.7. The minimum atomic E-state index is -1.09. The molecular weight excluding hydrogens is 240 g/mol. The molecule has 0 aromatic rings. The number of carbonyl (C=O) groups is 1. The van der Waals surface area contributed by atoms with Crippen molar-refractivity contribution in [3.05, 3.63) is 0 Å². The van der Waals surface area contributed by atoms with E-state index in [2.05, 4.69) is 0 Å². The lowest BCUT2D eigenvalue weighted by Crippen LogP contribution is -2.43. The third kappa shape index (κ3) is 4.07. The van der Waals surface area contributed by atoms with E-state index in [1.54, 1.807) is 0 Å². The van der Waals surface area contributed by atoms with Gasteiger partial charge in [-0.15, -0.1) is 0 Å². The van der Waals surface area contributed by atoms with Crippen molar-refractivity contribution in [1.29, 1.82) is 0 Å². The van der Waals surface area contributed by atoms with E-state index in [0.717, 1.165) is 0 Å². The maximum atomic E-state index is 12.0. The van der Waals surface area contributed by atoms with Crippen LogP contribution in [0.15, 0.2) is 0 Å². The van der Waals surface area contributed by atoms with Gasteiger partial charge in [-0.1, -0.05) is 0 Å². The lowest BCUT2D eigenvalue weighted by Gasteiger charge is -2.36. The molecule has 0 radical (unpaired) electrons. The van der Waals surface area contributed by atoms with Crippen LogP contribution in [0.25, 0.3) is 0 Å². The van der Waals surface area contributed by atoms with Crippen LogP contribution in [-0.4, -0.2) is 36.5 Å². The molecule has 0 saturated heterocycles. The number of hydrogen-bond donors (Lipinski definition) is 2. The van der Waals surface area contributed by atoms with Gasteiger partial charge in [-0.05, 0) is 46.5 Å². The molecule has 1 aliphatic carbocycles. The normalized spacial score (nSPS) is 32.1. The molecule has 4 nitrogen and oxygen atoms in total. The van der Waals surface area contributed by atoms with E-state index in [1.807, 2.05) is 20.8 Å². The lowest BCUT2D eigenvalue weighted by molar-refractivity contribution is -0.144. The van der Waals surface area contributed by atoms with Crippen LogP contribution in [-0.2, 0) is 15.6 Å². The van der Waals surface area contributed by atoms with Gasteiger partial charge >= 0.3 is 5.97 Å². The van der Waals surface area contributed by atoms with Gasteiger partial charge < -0.3 is 10.2 Å². The molecule has 17 heavy (non-hydrogen) atoms. The molecule has 0 aromatic heterocycles. The summed E-state index contributed by atoms with van der Waals surface area (Å²) in [5.74, 6) is -0.884. The van der Waals surface area contributed by atoms with E-state index in [9.17, 15) is 14.1 Å². The van der Waals surface area contributed by atoms with E-state index >= 15 is 0 Å². The smallest absolute Gasteiger partial charge is 0.306 e. The van der Waals surface area contributed by atoms with Crippen LogP contribution >= 0.6 is 0 Å². The summed E-state index contributed by atoms with van der Waals surface area (Å²) >= 11 is 0. The van der Waals surface area contributed by atoms with Crippen LogP contribution in [0.4, 0.5) is 0 Å². The summed E-state index contributed by atoms with van der Waals surface area (Å²) in [7, 11) is -1.09. The number of rotatable bonds is 3. The summed E-state index contributed by atoms with van der Waals surface area (Å²) in [5, 5.41) is 19.2. The van der Waals surface area contributed by atoms with Crippen molar-refractivity contribution in [2.45, 2.75) is 56.8 Å². The molecule has 5 heteroatoms. The van der Waals surface area contributed by atoms with E-state index < -0.39 is 22.4 Å². The van der Waals surface area contributed by atoms with Crippen molar-refractivity contribution in [3.63, 3.8) is 0 Å². The van der Waals surface area contributed by atoms with Gasteiger partial charge in [0, 0.05) is 15.5 Å². The monoisotopic (exact) mass is 262 g/mol. The van der Waals surface area contributed by atoms with Crippen molar-refractivity contribution in [3.8, 4) is 0 Å². The molecule has 2 N–H and O–H groups in total. The van der Waals surface area contributed by atoms with Gasteiger partial charge in [0.15, 0.2) is 0 Å². The summed E-state index contributed by atoms with van der Waals surface area (Å²) in [6, 6.07) is 0. The molecule has 0 aromatic carbocycles. The second kappa shape index (κ2) is 5.06. The zero-order chi connectivity index (χ0) is 13.3. The minimum Gasteiger partial charge on any atom is -0.481 e. The SMILES string of the molecule is CC(C)(C)S(=O)CC1(O)CCC(C(=O)O)CC1. The number of hydrogen-bond acceptors (Lipinski definition) is 3. The van der Waals surface area contributed by atoms with Crippen molar-refractivity contribution < 1.29 is 19.2 Å². The Bertz CT molecular complexity index is 311. The fraction of sp³-hybridized carbons (Fsp3) is 0.917. The van der Waals surface area contributed by atoms with Crippen LogP contribution in [0, 0.1) is 5.92 Å². The summed E-state index contributed by atoms with van der Waals surface area (Å²) in [6.45, 7) is 5.65. The zero-order valence-corrected chi connectivity index (χ0v) is 11.5. The summed E-state index contributed by atoms with van der Waals surface area (Å²) < 4.78 is 11.7. The fourth-order valence-electron chi connectivity index (χ4n) is 2.01. The first kappa shape index (κ1) is 14.6. The van der Waals surface area contributed by atoms with Crippen LogP contribution in [0.3, 0.4) is 0 Å². The van der Waals surface area contributed by atoms with Gasteiger partial charge in [-0.2, -0.15) is 0 Å². The predicted octanol–water partition coefficient (Wildman–Crippen LogP) is 1.54. The average molecular weight is 262 g/mol. The molecule has 1 aliphatic rings. The average Bonchev–Trinajstić information content (AvgIpc) is 2.16. The van der Waals surface area contributed by atoms with E-state index in [-0.39, 0.29) is 16.4 Å². The molecule has 1 atom stereocenters. The Morgan fingerprint density at radius 1 is 1.35 bits per heavy atom. The van der Waals surface area contributed by atoms with Gasteiger partial charge in [0.1, 0.15) is 0 Å². The fourth-order valence-corrected chi connectivity index (χ4v) is 3.22. The largest absolute Gasteiger partial charge is 0.481 e. The molecule has 0 aliphatic heterocycles. The van der Waals surface area contributed by atoms with Crippen molar-refractivity contribution in [1.82, 2.24) is 0 Å². The lowest BCUT2D eigenvalue weighted by atomic mass is 9.80. The Morgan fingerprint density at radius 3 is 2.18 bits per heavy atom. The molecule has 100 valence electrons. The number of aliphatic hydroxyl groups is 1. The predicted molar refractivity (Wildman–Crippen MR) is 67.3 cm³/mol. The Morgan fingerprint density at radius 2 is 1.82 bits per heavy atom. The van der Waals surface area contributed by atoms with Gasteiger partial charge in [-0.3, -0.25) is 9.00 Å². The number of aliphatic carboxylic acids is 1. The highest BCUT2D eigenvalue weighted by Gasteiger charge is 2.38. The Kier molecular flexibility index (Phi) is 4.36. The van der Waals surface area contributed by atoms with Crippen molar-refractivity contribution in [2.75, 3.05) is 5.75 Å². The van der Waals surface area contributed by atoms with Crippen LogP contribution < -0.4 is 0 Å². The first-order chi connectivity index (χ1) is 7.64. The van der Waals surface area contributed by atoms with E-state index in [0.29, 0.717) is 25.7 Å². The second-order valence-electron chi connectivity index (χ2n) is 5.94. The molecule has 0 spiro atoms. The van der Waals surface area contributed by atoms with Gasteiger partial charge in [0.25, 0.3) is 0 Å². The highest BCUT2D eigenvalue weighted by molar-refractivity contribution is 7.86. The highest BCUT2D eigenvalue weighted by Crippen LogP contribution is 2.34. The molecule has 1 fully saturated rings. The van der Waals surface area contributed by atoms with Crippen LogP contribution in [0.5, 0.6) is 0 Å². The Hall–Kier alpha value is -0.420. The first-order valence-electron chi connectivity index (χ1n) is 5.98. The molecule has 0 amide bonds. The third-order valence-electron chi connectivity index (χ3n) is 3.35. The summed E-state index contributed by atoms with van der Waals surface area (Å²) in [6.07, 6.45) is 1.83. The minimum absolute atomic E-state index is 0.253. The van der Waals surface area contributed by atoms with E-state index in [1.165, 1.54) is 0 Å². The van der Waals surface area contributed by atoms with Crippen molar-refractivity contribution in [2.24, 2.45) is 5.92 Å². The highest BCUT2D eigenvalue weighted by atomic mass is 32.2. The summed E-state index contributed by atoms with van der Waals surface area (Å²) in [4.78, 5) is 10.8. The maximum Gasteiger partial charge on any atom is 0.306 e. The molecule has 1 rings (SSSR count). The number of carboxylic acids is 1. The topological polar surface area (TPSA) is 74.6 Å². The van der Waals surface area contributed by atoms with E-state index in [4.69, 9.17) is 5.11 Å². The summed E-state index contributed by atoms with van der Waals surface area (Å²) in [5.41, 5.74) is -0.940. The Labute approximate surface area is 105 Å². The first-order valence-corrected chi connectivity index (χ1v) is 7.30. The van der Waals surface area contributed by atoms with Crippen LogP contribution in [0.1, 0.15) is 46.5 Å². The second-order valence-corrected chi connectivity index (χ2v) is 8.14. The van der Waals surface area contributed by atoms with Gasteiger partial charge in [0.05, 0.1) is 17.3 Å². The molecule has 1 unspecified atom stereocenters. The van der Waals surface area contributed by atoms with Crippen molar-refractivity contribution >= 4 is 16.8 Å². The number of carboxylic acid groups (broad SMARTS) is 1. The molecule has 1 saturated carbocycles. The standard InChI is InChI=1S/C12H22O4S/c1-11(2,3)17(16)8-12(15)6-4-9(5-7-12)10(13)14/h9,15H,4-8H2,1-3H3,(H,13,14). The molecule has 0 bridgehead atoms. The van der Waals surface area contributed by atoms with Gasteiger partial charge in [-0.25, -0.2) is 0 Å². The maximum absolute atomic E-state index is 12.0. The Balaban J connectivity index is 2.56.